The van der Waals surface area contributed by atoms with Gasteiger partial charge in [-0.05, 0) is 30.5 Å². The molecule has 0 unspecified atom stereocenters. The minimum atomic E-state index is 0. The van der Waals surface area contributed by atoms with E-state index in [9.17, 15) is 0 Å². The number of hydrogen-bond donors (Lipinski definition) is 0. The molecule has 4 aromatic heterocycles. The number of morpholine rings is 1. The van der Waals surface area contributed by atoms with Gasteiger partial charge in [-0.25, -0.2) is 9.67 Å². The fourth-order valence-corrected chi connectivity index (χ4v) is 4.64. The molecule has 0 atom stereocenters. The minimum absolute atomic E-state index is 0. The van der Waals surface area contributed by atoms with Gasteiger partial charge in [0.25, 0.3) is 5.95 Å². The fourth-order valence-electron chi connectivity index (χ4n) is 4.64. The van der Waals surface area contributed by atoms with E-state index in [1.54, 1.807) is 17.1 Å². The normalized spacial score (nSPS) is 15.7. The van der Waals surface area contributed by atoms with Crippen LogP contribution in [0.4, 0.5) is 5.82 Å². The summed E-state index contributed by atoms with van der Waals surface area (Å²) < 4.78 is 9.66. The topological polar surface area (TPSA) is 86.8 Å². The number of imidazole rings is 1. The molecule has 2 fully saturated rings. The lowest BCUT2D eigenvalue weighted by Gasteiger charge is -2.28. The van der Waals surface area contributed by atoms with Crippen molar-refractivity contribution in [1.82, 2.24) is 34.3 Å². The Labute approximate surface area is 214 Å². The number of anilines is 1. The van der Waals surface area contributed by atoms with Gasteiger partial charge in [0.15, 0.2) is 17.0 Å². The summed E-state index contributed by atoms with van der Waals surface area (Å²) in [5.74, 6) is 2.29. The van der Waals surface area contributed by atoms with Crippen LogP contribution in [0.3, 0.4) is 0 Å². The zero-order valence-electron chi connectivity index (χ0n) is 19.6. The Morgan fingerprint density at radius 2 is 1.61 bits per heavy atom. The van der Waals surface area contributed by atoms with Gasteiger partial charge in [-0.1, -0.05) is 30.3 Å². The molecule has 2 aliphatic rings. The lowest BCUT2D eigenvalue weighted by Crippen LogP contribution is -2.37. The molecule has 1 aliphatic carbocycles. The van der Waals surface area contributed by atoms with Crippen molar-refractivity contribution in [1.29, 1.82) is 0 Å². The van der Waals surface area contributed by atoms with Gasteiger partial charge in [-0.15, -0.1) is 12.4 Å². The van der Waals surface area contributed by atoms with Crippen LogP contribution in [0.15, 0.2) is 67.3 Å². The Bertz CT molecular complexity index is 1490. The first-order chi connectivity index (χ1) is 17.3. The highest BCUT2D eigenvalue weighted by molar-refractivity contribution is 5.88. The smallest absolute Gasteiger partial charge is 0.254 e. The predicted octanol–water partition coefficient (Wildman–Crippen LogP) is 4.33. The highest BCUT2D eigenvalue weighted by atomic mass is 35.5. The van der Waals surface area contributed by atoms with Crippen molar-refractivity contribution in [3.8, 4) is 28.5 Å². The van der Waals surface area contributed by atoms with Crippen molar-refractivity contribution in [3.05, 3.63) is 67.3 Å². The first-order valence-electron chi connectivity index (χ1n) is 12.0. The second-order valence-electron chi connectivity index (χ2n) is 8.93. The molecule has 0 radical (unpaired) electrons. The van der Waals surface area contributed by atoms with E-state index in [-0.39, 0.29) is 12.4 Å². The summed E-state index contributed by atoms with van der Waals surface area (Å²) in [5.41, 5.74) is 4.84. The van der Waals surface area contributed by atoms with E-state index in [0.29, 0.717) is 25.2 Å². The van der Waals surface area contributed by atoms with Gasteiger partial charge in [0, 0.05) is 48.8 Å². The number of rotatable bonds is 5. The number of nitrogens with zero attached hydrogens (tertiary/aromatic N) is 8. The first kappa shape index (κ1) is 22.6. The van der Waals surface area contributed by atoms with Crippen LogP contribution in [0.2, 0.25) is 0 Å². The van der Waals surface area contributed by atoms with E-state index >= 15 is 0 Å². The van der Waals surface area contributed by atoms with E-state index in [1.807, 2.05) is 42.7 Å². The number of fused-ring (bicyclic) bond motifs is 1. The van der Waals surface area contributed by atoms with Gasteiger partial charge >= 0.3 is 0 Å². The van der Waals surface area contributed by atoms with Crippen LogP contribution in [-0.2, 0) is 4.74 Å². The lowest BCUT2D eigenvalue weighted by molar-refractivity contribution is 0.122. The zero-order chi connectivity index (χ0) is 23.2. The zero-order valence-corrected chi connectivity index (χ0v) is 20.4. The molecule has 10 heteroatoms. The number of ether oxygens (including phenoxy) is 1. The highest BCUT2D eigenvalue weighted by Gasteiger charge is 2.32. The molecule has 0 amide bonds. The van der Waals surface area contributed by atoms with E-state index in [2.05, 4.69) is 31.7 Å². The Kier molecular flexibility index (Phi) is 5.86. The molecule has 0 spiro atoms. The Balaban J connectivity index is 0.00000240. The fraction of sp³-hybridized carbons (Fsp3) is 0.269. The van der Waals surface area contributed by atoms with Crippen LogP contribution in [-0.4, -0.2) is 60.6 Å². The summed E-state index contributed by atoms with van der Waals surface area (Å²) in [6, 6.07) is 14.6. The lowest BCUT2D eigenvalue weighted by atomic mass is 10.1. The van der Waals surface area contributed by atoms with Gasteiger partial charge in [0.1, 0.15) is 5.82 Å². The van der Waals surface area contributed by atoms with Gasteiger partial charge in [-0.2, -0.15) is 15.1 Å². The minimum Gasteiger partial charge on any atom is -0.378 e. The molecule has 1 saturated heterocycles. The number of aromatic nitrogens is 7. The molecule has 5 heterocycles. The first-order valence-corrected chi connectivity index (χ1v) is 12.0. The van der Waals surface area contributed by atoms with Crippen LogP contribution in [0.25, 0.3) is 39.6 Å². The SMILES string of the molecule is Cl.c1ccc(-c2cnn(-c3nc(N4CCOCC4)c4nc(-c5ccncc5)n(C5CC5)c4n3)c2)cc1. The van der Waals surface area contributed by atoms with Crippen molar-refractivity contribution in [3.63, 3.8) is 0 Å². The summed E-state index contributed by atoms with van der Waals surface area (Å²) in [7, 11) is 0. The Hall–Kier alpha value is -3.82. The Morgan fingerprint density at radius 3 is 2.36 bits per heavy atom. The third-order valence-corrected chi connectivity index (χ3v) is 6.57. The third kappa shape index (κ3) is 4.00. The predicted molar refractivity (Wildman–Crippen MR) is 140 cm³/mol. The van der Waals surface area contributed by atoms with Crippen LogP contribution in [0.1, 0.15) is 18.9 Å². The molecular formula is C26H25ClN8O. The maximum absolute atomic E-state index is 5.61. The molecule has 36 heavy (non-hydrogen) atoms. The van der Waals surface area contributed by atoms with E-state index in [4.69, 9.17) is 19.7 Å². The number of halogens is 1. The van der Waals surface area contributed by atoms with Gasteiger partial charge in [0.2, 0.25) is 0 Å². The number of benzene rings is 1. The number of hydrogen-bond acceptors (Lipinski definition) is 7. The summed E-state index contributed by atoms with van der Waals surface area (Å²) in [5, 5.41) is 4.62. The molecule has 1 aliphatic heterocycles. The van der Waals surface area contributed by atoms with Crippen LogP contribution in [0, 0.1) is 0 Å². The average molecular weight is 501 g/mol. The largest absolute Gasteiger partial charge is 0.378 e. The monoisotopic (exact) mass is 500 g/mol. The summed E-state index contributed by atoms with van der Waals surface area (Å²) in [6.45, 7) is 2.87. The van der Waals surface area contributed by atoms with Crippen molar-refractivity contribution in [2.24, 2.45) is 0 Å². The standard InChI is InChI=1S/C26H24N8O.ClH/c1-2-4-18(5-3-1)20-16-28-33(17-20)26-30-24(32-12-14-35-15-13-32)22-25(31-26)34(21-6-7-21)23(29-22)19-8-10-27-11-9-19;/h1-5,8-11,16-17,21H,6-7,12-15H2;1H. The molecule has 182 valence electrons. The van der Waals surface area contributed by atoms with E-state index in [0.717, 1.165) is 65.4 Å². The van der Waals surface area contributed by atoms with Crippen molar-refractivity contribution >= 4 is 29.4 Å². The summed E-state index contributed by atoms with van der Waals surface area (Å²) in [6.07, 6.45) is 9.70. The van der Waals surface area contributed by atoms with Gasteiger partial charge < -0.3 is 14.2 Å². The highest BCUT2D eigenvalue weighted by Crippen LogP contribution is 2.42. The maximum atomic E-state index is 5.61. The van der Waals surface area contributed by atoms with Crippen molar-refractivity contribution < 1.29 is 4.74 Å². The molecule has 0 bridgehead atoms. The van der Waals surface area contributed by atoms with Crippen molar-refractivity contribution in [2.75, 3.05) is 31.2 Å². The van der Waals surface area contributed by atoms with Crippen LogP contribution >= 0.6 is 12.4 Å². The molecule has 5 aromatic rings. The van der Waals surface area contributed by atoms with Gasteiger partial charge in [-0.3, -0.25) is 4.98 Å². The average Bonchev–Trinajstić information content (AvgIpc) is 3.50. The van der Waals surface area contributed by atoms with E-state index in [1.165, 1.54) is 0 Å². The van der Waals surface area contributed by atoms with Crippen molar-refractivity contribution in [2.45, 2.75) is 18.9 Å². The van der Waals surface area contributed by atoms with Crippen LogP contribution < -0.4 is 4.90 Å². The van der Waals surface area contributed by atoms with Gasteiger partial charge in [0.05, 0.1) is 19.4 Å². The molecule has 0 N–H and O–H groups in total. The second-order valence-corrected chi connectivity index (χ2v) is 8.93. The molecule has 7 rings (SSSR count). The molecular weight excluding hydrogens is 476 g/mol. The molecule has 1 aromatic carbocycles. The molecule has 9 nitrogen and oxygen atoms in total. The molecule has 1 saturated carbocycles. The summed E-state index contributed by atoms with van der Waals surface area (Å²) in [4.78, 5) is 21.6. The third-order valence-electron chi connectivity index (χ3n) is 6.57. The van der Waals surface area contributed by atoms with Crippen LogP contribution in [0.5, 0.6) is 0 Å². The Morgan fingerprint density at radius 1 is 0.833 bits per heavy atom. The summed E-state index contributed by atoms with van der Waals surface area (Å²) >= 11 is 0. The quantitative estimate of drug-likeness (QED) is 0.355. The second kappa shape index (κ2) is 9.33. The number of pyridine rings is 1. The maximum Gasteiger partial charge on any atom is 0.254 e. The van der Waals surface area contributed by atoms with E-state index < -0.39 is 0 Å².